The number of benzene rings is 2. The van der Waals surface area contributed by atoms with Crippen LogP contribution in [0.2, 0.25) is 0 Å². The molecule has 4 N–H and O–H groups in total. The number of hydrogen-bond acceptors (Lipinski definition) is 5. The van der Waals surface area contributed by atoms with Crippen LogP contribution in [0.25, 0.3) is 11.1 Å². The Balaban J connectivity index is 1.47. The van der Waals surface area contributed by atoms with Crippen molar-refractivity contribution in [2.24, 2.45) is 5.92 Å². The van der Waals surface area contributed by atoms with Crippen LogP contribution < -0.4 is 10.6 Å². The lowest BCUT2D eigenvalue weighted by Crippen LogP contribution is -2.42. The van der Waals surface area contributed by atoms with Gasteiger partial charge in [0.05, 0.1) is 0 Å². The number of rotatable bonds is 10. The summed E-state index contributed by atoms with van der Waals surface area (Å²) in [6.07, 6.45) is -0.588. The number of amides is 2. The Hall–Kier alpha value is -3.39. The van der Waals surface area contributed by atoms with E-state index < -0.39 is 24.0 Å². The lowest BCUT2D eigenvalue weighted by atomic mass is 9.98. The van der Waals surface area contributed by atoms with Gasteiger partial charge in [0.2, 0.25) is 5.91 Å². The maximum absolute atomic E-state index is 12.2. The molecule has 0 aliphatic heterocycles. The molecule has 8 nitrogen and oxygen atoms in total. The summed E-state index contributed by atoms with van der Waals surface area (Å²) in [5.41, 5.74) is 4.56. The quantitative estimate of drug-likeness (QED) is 0.450. The molecule has 0 radical (unpaired) electrons. The third-order valence-corrected chi connectivity index (χ3v) is 5.52. The van der Waals surface area contributed by atoms with Gasteiger partial charge in [-0.15, -0.1) is 0 Å². The van der Waals surface area contributed by atoms with Crippen molar-refractivity contribution >= 4 is 18.0 Å². The molecule has 2 aromatic rings. The molecule has 1 unspecified atom stereocenters. The van der Waals surface area contributed by atoms with Crippen molar-refractivity contribution in [3.05, 3.63) is 59.7 Å². The Kier molecular flexibility index (Phi) is 7.83. The smallest absolute Gasteiger partial charge is 0.407 e. The summed E-state index contributed by atoms with van der Waals surface area (Å²) in [6, 6.07) is 15.0. The van der Waals surface area contributed by atoms with E-state index >= 15 is 0 Å². The molecule has 1 aliphatic carbocycles. The Morgan fingerprint density at radius 2 is 1.62 bits per heavy atom. The number of carbonyl (C=O) groups is 3. The largest absolute Gasteiger partial charge is 0.480 e. The first-order valence-corrected chi connectivity index (χ1v) is 10.6. The molecule has 0 saturated carbocycles. The number of carbonyl (C=O) groups excluding carboxylic acids is 2. The number of alkyl carbamates (subject to hydrolysis) is 1. The van der Waals surface area contributed by atoms with Crippen LogP contribution in [-0.4, -0.2) is 54.0 Å². The Bertz CT molecular complexity index is 931. The van der Waals surface area contributed by atoms with Crippen molar-refractivity contribution in [2.45, 2.75) is 31.7 Å². The number of ether oxygens (including phenoxy) is 1. The van der Waals surface area contributed by atoms with Crippen molar-refractivity contribution < 1.29 is 29.3 Å². The number of aliphatic hydroxyl groups is 1. The monoisotopic (exact) mass is 440 g/mol. The zero-order valence-corrected chi connectivity index (χ0v) is 17.9. The highest BCUT2D eigenvalue weighted by atomic mass is 16.5. The fraction of sp³-hybridized carbons (Fsp3) is 0.375. The summed E-state index contributed by atoms with van der Waals surface area (Å²) in [5.74, 6) is -1.90. The van der Waals surface area contributed by atoms with E-state index in [9.17, 15) is 14.4 Å². The highest BCUT2D eigenvalue weighted by Crippen LogP contribution is 2.44. The molecule has 0 bridgehead atoms. The third kappa shape index (κ3) is 5.64. The van der Waals surface area contributed by atoms with Gasteiger partial charge >= 0.3 is 12.1 Å². The zero-order valence-electron chi connectivity index (χ0n) is 17.9. The number of nitrogens with one attached hydrogen (secondary N) is 2. The maximum atomic E-state index is 12.2. The summed E-state index contributed by atoms with van der Waals surface area (Å²) in [4.78, 5) is 35.3. The highest BCUT2D eigenvalue weighted by molar-refractivity contribution is 5.83. The van der Waals surface area contributed by atoms with Gasteiger partial charge in [0.25, 0.3) is 0 Å². The molecule has 2 amide bonds. The van der Waals surface area contributed by atoms with Crippen LogP contribution in [0.3, 0.4) is 0 Å². The molecule has 2 aromatic carbocycles. The predicted molar refractivity (Wildman–Crippen MR) is 118 cm³/mol. The number of fused-ring (bicyclic) bond motifs is 3. The van der Waals surface area contributed by atoms with E-state index in [4.69, 9.17) is 14.9 Å². The average molecular weight is 440 g/mol. The number of aliphatic hydroxyl groups excluding tert-OH is 1. The van der Waals surface area contributed by atoms with Crippen LogP contribution in [0.15, 0.2) is 48.5 Å². The van der Waals surface area contributed by atoms with Crippen molar-refractivity contribution in [2.75, 3.05) is 19.8 Å². The van der Waals surface area contributed by atoms with Gasteiger partial charge in [0, 0.05) is 31.9 Å². The van der Waals surface area contributed by atoms with E-state index in [1.54, 1.807) is 6.92 Å². The van der Waals surface area contributed by atoms with E-state index in [0.717, 1.165) is 22.3 Å². The number of aliphatic carboxylic acids is 1. The first-order chi connectivity index (χ1) is 15.4. The van der Waals surface area contributed by atoms with Crippen molar-refractivity contribution in [3.63, 3.8) is 0 Å². The molecule has 3 rings (SSSR count). The topological polar surface area (TPSA) is 125 Å². The van der Waals surface area contributed by atoms with E-state index in [1.165, 1.54) is 0 Å². The molecular formula is C24H28N2O6. The minimum atomic E-state index is -1.20. The molecule has 32 heavy (non-hydrogen) atoms. The molecule has 0 heterocycles. The normalized spacial score (nSPS) is 14.1. The minimum Gasteiger partial charge on any atom is -0.480 e. The molecule has 170 valence electrons. The van der Waals surface area contributed by atoms with Crippen LogP contribution >= 0.6 is 0 Å². The number of carboxylic acids is 1. The average Bonchev–Trinajstić information content (AvgIpc) is 3.09. The SMILES string of the molecule is CC(CNC(=O)OCC1c2ccccc2-c2ccccc21)CC(=O)N[C@@H](CCO)C(=O)O. The first kappa shape index (κ1) is 23.3. The second kappa shape index (κ2) is 10.8. The molecule has 2 atom stereocenters. The maximum Gasteiger partial charge on any atom is 0.407 e. The second-order valence-electron chi connectivity index (χ2n) is 7.99. The molecule has 0 aromatic heterocycles. The van der Waals surface area contributed by atoms with Gasteiger partial charge in [-0.2, -0.15) is 0 Å². The summed E-state index contributed by atoms with van der Waals surface area (Å²) in [6.45, 7) is 1.85. The first-order valence-electron chi connectivity index (χ1n) is 10.6. The fourth-order valence-corrected chi connectivity index (χ4v) is 3.94. The van der Waals surface area contributed by atoms with E-state index in [2.05, 4.69) is 22.8 Å². The Labute approximate surface area is 186 Å². The van der Waals surface area contributed by atoms with Crippen molar-refractivity contribution in [3.8, 4) is 11.1 Å². The van der Waals surface area contributed by atoms with E-state index in [-0.39, 0.29) is 44.4 Å². The lowest BCUT2D eigenvalue weighted by Gasteiger charge is -2.17. The van der Waals surface area contributed by atoms with E-state index in [0.29, 0.717) is 0 Å². The van der Waals surface area contributed by atoms with Gasteiger partial charge in [0.15, 0.2) is 0 Å². The predicted octanol–water partition coefficient (Wildman–Crippen LogP) is 2.50. The second-order valence-corrected chi connectivity index (χ2v) is 7.99. The molecule has 1 aliphatic rings. The summed E-state index contributed by atoms with van der Waals surface area (Å²) < 4.78 is 5.47. The molecule has 0 fully saturated rings. The zero-order chi connectivity index (χ0) is 23.1. The van der Waals surface area contributed by atoms with Crippen LogP contribution in [0.1, 0.15) is 36.8 Å². The van der Waals surface area contributed by atoms with Gasteiger partial charge in [0.1, 0.15) is 12.6 Å². The van der Waals surface area contributed by atoms with Crippen LogP contribution in [0, 0.1) is 5.92 Å². The minimum absolute atomic E-state index is 0.0316. The molecule has 8 heteroatoms. The van der Waals surface area contributed by atoms with Crippen LogP contribution in [0.4, 0.5) is 4.79 Å². The molecule has 0 saturated heterocycles. The van der Waals surface area contributed by atoms with Gasteiger partial charge in [-0.1, -0.05) is 55.5 Å². The summed E-state index contributed by atoms with van der Waals surface area (Å²) in [7, 11) is 0. The van der Waals surface area contributed by atoms with E-state index in [1.807, 2.05) is 36.4 Å². The highest BCUT2D eigenvalue weighted by Gasteiger charge is 2.29. The lowest BCUT2D eigenvalue weighted by molar-refractivity contribution is -0.142. The van der Waals surface area contributed by atoms with Gasteiger partial charge in [-0.3, -0.25) is 4.79 Å². The van der Waals surface area contributed by atoms with Crippen molar-refractivity contribution in [1.29, 1.82) is 0 Å². The van der Waals surface area contributed by atoms with Gasteiger partial charge < -0.3 is 25.6 Å². The number of hydrogen-bond donors (Lipinski definition) is 4. The van der Waals surface area contributed by atoms with Crippen LogP contribution in [-0.2, 0) is 14.3 Å². The van der Waals surface area contributed by atoms with Crippen molar-refractivity contribution in [1.82, 2.24) is 10.6 Å². The standard InChI is InChI=1S/C24H28N2O6/c1-15(12-22(28)26-21(10-11-27)23(29)30)13-25-24(31)32-14-20-18-8-4-2-6-16(18)17-7-3-5-9-19(17)20/h2-9,15,20-21,27H,10-14H2,1H3,(H,25,31)(H,26,28)(H,29,30)/t15?,21-/m0/s1. The Morgan fingerprint density at radius 1 is 1.03 bits per heavy atom. The third-order valence-electron chi connectivity index (χ3n) is 5.52. The molecule has 0 spiro atoms. The van der Waals surface area contributed by atoms with Crippen LogP contribution in [0.5, 0.6) is 0 Å². The number of carboxylic acid groups (broad SMARTS) is 1. The van der Waals surface area contributed by atoms with Gasteiger partial charge in [-0.25, -0.2) is 9.59 Å². The Morgan fingerprint density at radius 3 is 2.19 bits per heavy atom. The fourth-order valence-electron chi connectivity index (χ4n) is 3.94. The van der Waals surface area contributed by atoms with Gasteiger partial charge in [-0.05, 0) is 28.2 Å². The summed E-state index contributed by atoms with van der Waals surface area (Å²) >= 11 is 0. The molecular weight excluding hydrogens is 412 g/mol. The summed E-state index contributed by atoms with van der Waals surface area (Å²) in [5, 5.41) is 23.0.